The number of aromatic nitrogens is 2. The summed E-state index contributed by atoms with van der Waals surface area (Å²) in [6, 6.07) is 27.5. The van der Waals surface area contributed by atoms with Gasteiger partial charge in [0.25, 0.3) is 22.9 Å². The molecule has 0 aliphatic carbocycles. The maximum Gasteiger partial charge on any atom is 0.328 e. The van der Waals surface area contributed by atoms with Crippen LogP contribution in [0.25, 0.3) is 10.8 Å². The minimum Gasteiger partial charge on any atom is -0.467 e. The molecule has 2 heterocycles. The fourth-order valence-corrected chi connectivity index (χ4v) is 9.75. The number of ether oxygens (including phenoxy) is 2. The van der Waals surface area contributed by atoms with Crippen molar-refractivity contribution in [2.75, 3.05) is 14.2 Å². The minimum absolute atomic E-state index is 0.194. The maximum atomic E-state index is 14.7. The minimum atomic E-state index is -1.71. The van der Waals surface area contributed by atoms with Gasteiger partial charge in [-0.1, -0.05) is 78.9 Å². The number of hydrogen-bond acceptors (Lipinski definition) is 8. The number of rotatable bonds is 9. The van der Waals surface area contributed by atoms with E-state index in [1.807, 2.05) is 30.3 Å². The molecule has 0 spiro atoms. The molecule has 0 fully saturated rings. The molecule has 2 amide bonds. The van der Waals surface area contributed by atoms with Crippen LogP contribution in [0.15, 0.2) is 113 Å². The van der Waals surface area contributed by atoms with Crippen molar-refractivity contribution in [3.8, 4) is 0 Å². The molecule has 0 bridgehead atoms. The lowest BCUT2D eigenvalue weighted by Gasteiger charge is -2.27. The fourth-order valence-electron chi connectivity index (χ4n) is 6.45. The Hall–Kier alpha value is -5.87. The summed E-state index contributed by atoms with van der Waals surface area (Å²) in [7, 11) is 0.740. The van der Waals surface area contributed by atoms with Crippen LogP contribution in [-0.2, 0) is 19.1 Å². The standard InChI is InChI=1S/C38H35N4O8P/c1-22(37(47)49-3)39-31(43)25-16-8-12-20-29(25)35-41-33(45)27-18-10-11-19-28(27)34(46)42(41)36(51(35)24-14-6-5-7-15-24)30-21-13-9-17-26(30)32(44)40-23(2)38(48)50-4/h5-23,35-36H,1-4H3,(H,39,43)(H,40,44)/t22-,23-,35+,36+/m0/s1. The van der Waals surface area contributed by atoms with Gasteiger partial charge < -0.3 is 20.1 Å². The molecule has 2 N–H and O–H groups in total. The highest BCUT2D eigenvalue weighted by Gasteiger charge is 2.47. The summed E-state index contributed by atoms with van der Waals surface area (Å²) in [5.74, 6) is -4.20. The van der Waals surface area contributed by atoms with Crippen molar-refractivity contribution in [3.63, 3.8) is 0 Å². The first-order valence-corrected chi connectivity index (χ1v) is 17.6. The number of amides is 2. The van der Waals surface area contributed by atoms with E-state index < -0.39 is 66.4 Å². The van der Waals surface area contributed by atoms with E-state index >= 15 is 0 Å². The molecule has 260 valence electrons. The number of methoxy groups -OCH3 is 2. The third-order valence-electron chi connectivity index (χ3n) is 8.85. The molecular formula is C38H35N4O8P. The zero-order chi connectivity index (χ0) is 36.4. The lowest BCUT2D eigenvalue weighted by atomic mass is 10.1. The second kappa shape index (κ2) is 14.5. The van der Waals surface area contributed by atoms with Gasteiger partial charge in [-0.05, 0) is 62.5 Å². The zero-order valence-electron chi connectivity index (χ0n) is 28.2. The van der Waals surface area contributed by atoms with E-state index in [-0.39, 0.29) is 21.9 Å². The van der Waals surface area contributed by atoms with Gasteiger partial charge in [0.1, 0.15) is 23.6 Å². The highest BCUT2D eigenvalue weighted by molar-refractivity contribution is 7.66. The number of nitrogens with one attached hydrogen (secondary N) is 2. The van der Waals surface area contributed by atoms with Gasteiger partial charge >= 0.3 is 11.9 Å². The molecule has 1 aromatic heterocycles. The summed E-state index contributed by atoms with van der Waals surface area (Å²) in [5.41, 5.74) is 0.354. The molecule has 0 saturated heterocycles. The van der Waals surface area contributed by atoms with Crippen LogP contribution < -0.4 is 27.1 Å². The molecule has 51 heavy (non-hydrogen) atoms. The second-order valence-electron chi connectivity index (χ2n) is 11.9. The predicted molar refractivity (Wildman–Crippen MR) is 193 cm³/mol. The Morgan fingerprint density at radius 1 is 0.588 bits per heavy atom. The number of benzene rings is 4. The van der Waals surface area contributed by atoms with Crippen molar-refractivity contribution in [1.82, 2.24) is 20.0 Å². The zero-order valence-corrected chi connectivity index (χ0v) is 29.1. The number of hydrogen-bond donors (Lipinski definition) is 2. The normalized spacial score (nSPS) is 16.5. The van der Waals surface area contributed by atoms with E-state index in [1.165, 1.54) is 37.4 Å². The van der Waals surface area contributed by atoms with Crippen molar-refractivity contribution in [3.05, 3.63) is 146 Å². The molecule has 0 radical (unpaired) electrons. The van der Waals surface area contributed by atoms with E-state index in [9.17, 15) is 28.8 Å². The first kappa shape index (κ1) is 35.0. The Labute approximate surface area is 293 Å². The Kier molecular flexibility index (Phi) is 9.97. The lowest BCUT2D eigenvalue weighted by Crippen LogP contribution is -2.41. The largest absolute Gasteiger partial charge is 0.467 e. The number of carbonyl (C=O) groups excluding carboxylic acids is 4. The lowest BCUT2D eigenvalue weighted by molar-refractivity contribution is -0.143. The van der Waals surface area contributed by atoms with E-state index in [2.05, 4.69) is 10.6 Å². The first-order valence-electron chi connectivity index (χ1n) is 16.1. The van der Waals surface area contributed by atoms with Gasteiger partial charge in [-0.2, -0.15) is 0 Å². The Bertz CT molecular complexity index is 2150. The Morgan fingerprint density at radius 3 is 1.37 bits per heavy atom. The Balaban J connectivity index is 1.66. The number of fused-ring (bicyclic) bond motifs is 2. The molecule has 4 atom stereocenters. The maximum absolute atomic E-state index is 14.7. The summed E-state index contributed by atoms with van der Waals surface area (Å²) >= 11 is 0. The van der Waals surface area contributed by atoms with Gasteiger partial charge in [0, 0.05) is 11.1 Å². The van der Waals surface area contributed by atoms with Crippen LogP contribution in [0.2, 0.25) is 0 Å². The molecule has 12 nitrogen and oxygen atoms in total. The number of carbonyl (C=O) groups is 4. The van der Waals surface area contributed by atoms with E-state index in [0.717, 1.165) is 5.30 Å². The molecule has 1 aliphatic rings. The van der Waals surface area contributed by atoms with Crippen LogP contribution in [0.1, 0.15) is 57.3 Å². The van der Waals surface area contributed by atoms with Gasteiger partial charge in [-0.25, -0.2) is 19.0 Å². The molecule has 0 unspecified atom stereocenters. The van der Waals surface area contributed by atoms with Crippen LogP contribution in [0.4, 0.5) is 0 Å². The molecule has 0 saturated carbocycles. The topological polar surface area (TPSA) is 155 Å². The molecule has 6 rings (SSSR count). The monoisotopic (exact) mass is 706 g/mol. The van der Waals surface area contributed by atoms with Gasteiger partial charge in [-0.3, -0.25) is 19.2 Å². The second-order valence-corrected chi connectivity index (χ2v) is 14.3. The van der Waals surface area contributed by atoms with Gasteiger partial charge in [0.2, 0.25) is 0 Å². The van der Waals surface area contributed by atoms with E-state index in [4.69, 9.17) is 9.47 Å². The summed E-state index contributed by atoms with van der Waals surface area (Å²) in [4.78, 5) is 81.7. The summed E-state index contributed by atoms with van der Waals surface area (Å²) in [5, 5.41) is 6.57. The average Bonchev–Trinajstić information content (AvgIpc) is 3.52. The fraction of sp³-hybridized carbons (Fsp3) is 0.211. The quantitative estimate of drug-likeness (QED) is 0.174. The van der Waals surface area contributed by atoms with Crippen molar-refractivity contribution in [2.45, 2.75) is 37.5 Å². The smallest absolute Gasteiger partial charge is 0.328 e. The third-order valence-corrected chi connectivity index (χ3v) is 11.8. The van der Waals surface area contributed by atoms with Gasteiger partial charge in [0.15, 0.2) is 0 Å². The molecule has 4 aromatic carbocycles. The van der Waals surface area contributed by atoms with Crippen LogP contribution in [0.3, 0.4) is 0 Å². The third kappa shape index (κ3) is 6.34. The summed E-state index contributed by atoms with van der Waals surface area (Å²) in [6.07, 6.45) is 0. The van der Waals surface area contributed by atoms with Crippen molar-refractivity contribution in [2.24, 2.45) is 0 Å². The SMILES string of the molecule is COC(=O)[C@H](C)NC(=O)c1ccccc1[C@@H]1n2c(=O)c3ccccc3c(=O)n2[C@@H](c2ccccc2C(=O)N[C@@H](C)C(=O)OC)P1c1ccccc1. The summed E-state index contributed by atoms with van der Waals surface area (Å²) < 4.78 is 12.5. The van der Waals surface area contributed by atoms with Crippen LogP contribution in [0, 0.1) is 0 Å². The van der Waals surface area contributed by atoms with Crippen molar-refractivity contribution in [1.29, 1.82) is 0 Å². The van der Waals surface area contributed by atoms with Crippen LogP contribution >= 0.6 is 7.92 Å². The molecular weight excluding hydrogens is 671 g/mol. The average molecular weight is 707 g/mol. The highest BCUT2D eigenvalue weighted by Crippen LogP contribution is 2.65. The summed E-state index contributed by atoms with van der Waals surface area (Å²) in [6.45, 7) is 3.01. The van der Waals surface area contributed by atoms with Gasteiger partial charge in [0.05, 0.1) is 25.0 Å². The number of esters is 2. The van der Waals surface area contributed by atoms with E-state index in [0.29, 0.717) is 11.1 Å². The highest BCUT2D eigenvalue weighted by atomic mass is 31.1. The molecule has 5 aromatic rings. The molecule has 1 aliphatic heterocycles. The van der Waals surface area contributed by atoms with Crippen molar-refractivity contribution < 1.29 is 28.7 Å². The first-order chi connectivity index (χ1) is 24.6. The van der Waals surface area contributed by atoms with Gasteiger partial charge in [-0.15, -0.1) is 0 Å². The van der Waals surface area contributed by atoms with Crippen LogP contribution in [0.5, 0.6) is 0 Å². The Morgan fingerprint density at radius 2 is 0.961 bits per heavy atom. The van der Waals surface area contributed by atoms with Crippen LogP contribution in [-0.4, -0.2) is 59.4 Å². The predicted octanol–water partition coefficient (Wildman–Crippen LogP) is 3.66. The van der Waals surface area contributed by atoms with E-state index in [1.54, 1.807) is 72.8 Å². The molecule has 13 heteroatoms. The number of nitrogens with zero attached hydrogens (tertiary/aromatic N) is 2. The van der Waals surface area contributed by atoms with Crippen molar-refractivity contribution >= 4 is 47.8 Å².